The highest BCUT2D eigenvalue weighted by Crippen LogP contribution is 2.48. The third-order valence-electron chi connectivity index (χ3n) is 7.43. The van der Waals surface area contributed by atoms with Gasteiger partial charge in [-0.1, -0.05) is 0 Å². The maximum Gasteiger partial charge on any atom is 0.319 e. The monoisotopic (exact) mass is 500 g/mol. The van der Waals surface area contributed by atoms with E-state index in [0.29, 0.717) is 31.6 Å². The Labute approximate surface area is 216 Å². The average Bonchev–Trinajstić information content (AvgIpc) is 3.23. The number of carbonyl (C=O) groups excluding carboxylic acids is 1. The van der Waals surface area contributed by atoms with E-state index in [0.717, 1.165) is 54.5 Å². The molecule has 192 valence electrons. The van der Waals surface area contributed by atoms with E-state index in [1.54, 1.807) is 0 Å². The van der Waals surface area contributed by atoms with Gasteiger partial charge in [-0.15, -0.1) is 0 Å². The number of carbonyl (C=O) groups is 1. The van der Waals surface area contributed by atoms with Crippen LogP contribution in [0.15, 0.2) is 42.7 Å². The molecule has 1 aromatic carbocycles. The van der Waals surface area contributed by atoms with Gasteiger partial charge in [0.25, 0.3) is 0 Å². The lowest BCUT2D eigenvalue weighted by molar-refractivity contribution is 0.0983. The van der Waals surface area contributed by atoms with Crippen molar-refractivity contribution in [2.24, 2.45) is 0 Å². The van der Waals surface area contributed by atoms with Crippen LogP contribution in [0.3, 0.4) is 0 Å². The van der Waals surface area contributed by atoms with Crippen molar-refractivity contribution in [2.75, 3.05) is 41.4 Å². The molecule has 6 rings (SSSR count). The number of morpholine rings is 1. The summed E-state index contributed by atoms with van der Waals surface area (Å²) in [4.78, 5) is 36.1. The standard InChI is InChI=1S/C27H32N8O2/c1-3-28-27(36)31-19-7-5-18(6-8-19)24-32-21-15-20-9-10-22(35(20)26-29-11-4-12-30-26)23(21)25(33-24)34-13-14-37-16-17(34)2/h4-8,11-12,17,20,22H,3,9-10,13-16H2,1-2H3,(H2,28,31,36)/t17-,20?,22?/m0/s1. The molecular weight excluding hydrogens is 468 g/mol. The van der Waals surface area contributed by atoms with Crippen LogP contribution in [0.25, 0.3) is 11.4 Å². The van der Waals surface area contributed by atoms with Crippen molar-refractivity contribution in [1.29, 1.82) is 0 Å². The number of fused-ring (bicyclic) bond motifs is 4. The summed E-state index contributed by atoms with van der Waals surface area (Å²) in [5.41, 5.74) is 3.97. The van der Waals surface area contributed by atoms with Crippen molar-refractivity contribution < 1.29 is 9.53 Å². The third kappa shape index (κ3) is 4.46. The fourth-order valence-electron chi connectivity index (χ4n) is 5.75. The molecule has 0 aliphatic carbocycles. The van der Waals surface area contributed by atoms with Crippen molar-refractivity contribution >= 4 is 23.5 Å². The van der Waals surface area contributed by atoms with E-state index in [1.807, 2.05) is 49.6 Å². The lowest BCUT2D eigenvalue weighted by atomic mass is 9.96. The molecule has 3 atom stereocenters. The minimum absolute atomic E-state index is 0.152. The summed E-state index contributed by atoms with van der Waals surface area (Å²) in [7, 11) is 0. The van der Waals surface area contributed by atoms with Crippen LogP contribution in [-0.4, -0.2) is 64.4 Å². The van der Waals surface area contributed by atoms with Gasteiger partial charge in [0.2, 0.25) is 5.95 Å². The topological polar surface area (TPSA) is 108 Å². The molecular formula is C27H32N8O2. The maximum atomic E-state index is 11.9. The summed E-state index contributed by atoms with van der Waals surface area (Å²) in [6.45, 7) is 6.79. The first-order chi connectivity index (χ1) is 18.1. The number of amides is 2. The Morgan fingerprint density at radius 1 is 1.14 bits per heavy atom. The Morgan fingerprint density at radius 2 is 1.95 bits per heavy atom. The normalized spacial score (nSPS) is 22.5. The highest BCUT2D eigenvalue weighted by atomic mass is 16.5. The average molecular weight is 501 g/mol. The zero-order chi connectivity index (χ0) is 25.4. The molecule has 0 saturated carbocycles. The van der Waals surface area contributed by atoms with Crippen molar-refractivity contribution in [2.45, 2.75) is 51.2 Å². The van der Waals surface area contributed by atoms with Crippen LogP contribution >= 0.6 is 0 Å². The molecule has 2 amide bonds. The Kier molecular flexibility index (Phi) is 6.33. The number of rotatable bonds is 5. The number of nitrogens with one attached hydrogen (secondary N) is 2. The van der Waals surface area contributed by atoms with Gasteiger partial charge >= 0.3 is 6.03 Å². The van der Waals surface area contributed by atoms with Gasteiger partial charge in [-0.05, 0) is 57.0 Å². The van der Waals surface area contributed by atoms with E-state index in [-0.39, 0.29) is 18.1 Å². The summed E-state index contributed by atoms with van der Waals surface area (Å²) in [6.07, 6.45) is 6.57. The van der Waals surface area contributed by atoms with Gasteiger partial charge in [0.05, 0.1) is 31.0 Å². The number of benzene rings is 1. The number of hydrogen-bond donors (Lipinski definition) is 2. The highest BCUT2D eigenvalue weighted by Gasteiger charge is 2.45. The second-order valence-electron chi connectivity index (χ2n) is 9.82. The van der Waals surface area contributed by atoms with Gasteiger partial charge in [-0.3, -0.25) is 0 Å². The molecule has 37 heavy (non-hydrogen) atoms. The van der Waals surface area contributed by atoms with E-state index >= 15 is 0 Å². The van der Waals surface area contributed by atoms with Gasteiger partial charge in [-0.2, -0.15) is 0 Å². The molecule has 10 heteroatoms. The SMILES string of the molecule is CCNC(=O)Nc1ccc(-c2nc3c(c(N4CCOC[C@@H]4C)n2)C2CCC(C3)N2c2ncccn2)cc1. The largest absolute Gasteiger partial charge is 0.377 e. The van der Waals surface area contributed by atoms with Crippen LogP contribution in [0.2, 0.25) is 0 Å². The maximum absolute atomic E-state index is 11.9. The molecule has 5 heterocycles. The molecule has 10 nitrogen and oxygen atoms in total. The van der Waals surface area contributed by atoms with E-state index < -0.39 is 0 Å². The summed E-state index contributed by atoms with van der Waals surface area (Å²) in [5, 5.41) is 5.60. The predicted molar refractivity (Wildman–Crippen MR) is 142 cm³/mol. The number of urea groups is 1. The Morgan fingerprint density at radius 3 is 2.70 bits per heavy atom. The zero-order valence-corrected chi connectivity index (χ0v) is 21.2. The Hall–Kier alpha value is -3.79. The van der Waals surface area contributed by atoms with Crippen molar-refractivity contribution in [3.05, 3.63) is 54.0 Å². The number of ether oxygens (including phenoxy) is 1. The summed E-state index contributed by atoms with van der Waals surface area (Å²) in [6, 6.07) is 10.0. The van der Waals surface area contributed by atoms with Crippen LogP contribution in [-0.2, 0) is 11.2 Å². The van der Waals surface area contributed by atoms with Crippen molar-refractivity contribution in [3.63, 3.8) is 0 Å². The Bertz CT molecular complexity index is 1270. The highest BCUT2D eigenvalue weighted by molar-refractivity contribution is 5.89. The minimum atomic E-state index is -0.216. The number of aromatic nitrogens is 4. The number of nitrogens with zero attached hydrogens (tertiary/aromatic N) is 6. The molecule has 2 saturated heterocycles. The lowest BCUT2D eigenvalue weighted by Crippen LogP contribution is -2.46. The van der Waals surface area contributed by atoms with Crippen molar-refractivity contribution in [3.8, 4) is 11.4 Å². The molecule has 0 spiro atoms. The van der Waals surface area contributed by atoms with Crippen LogP contribution in [0.1, 0.15) is 44.0 Å². The van der Waals surface area contributed by atoms with Crippen LogP contribution < -0.4 is 20.4 Å². The van der Waals surface area contributed by atoms with Gasteiger partial charge in [-0.25, -0.2) is 24.7 Å². The lowest BCUT2D eigenvalue weighted by Gasteiger charge is -2.41. The first kappa shape index (κ1) is 23.6. The predicted octanol–water partition coefficient (Wildman–Crippen LogP) is 3.57. The summed E-state index contributed by atoms with van der Waals surface area (Å²) in [5.74, 6) is 2.48. The quantitative estimate of drug-likeness (QED) is 0.548. The fraction of sp³-hybridized carbons (Fsp3) is 0.444. The molecule has 2 bridgehead atoms. The molecule has 2 unspecified atom stereocenters. The molecule has 3 aliphatic heterocycles. The van der Waals surface area contributed by atoms with Gasteiger partial charge in [0.15, 0.2) is 5.82 Å². The second-order valence-corrected chi connectivity index (χ2v) is 9.82. The summed E-state index contributed by atoms with van der Waals surface area (Å²) < 4.78 is 5.75. The number of hydrogen-bond acceptors (Lipinski definition) is 8. The Balaban J connectivity index is 1.40. The summed E-state index contributed by atoms with van der Waals surface area (Å²) >= 11 is 0. The van der Waals surface area contributed by atoms with Gasteiger partial charge < -0.3 is 25.2 Å². The van der Waals surface area contributed by atoms with E-state index in [4.69, 9.17) is 14.7 Å². The minimum Gasteiger partial charge on any atom is -0.377 e. The van der Waals surface area contributed by atoms with Crippen molar-refractivity contribution in [1.82, 2.24) is 25.3 Å². The number of anilines is 3. The van der Waals surface area contributed by atoms with Crippen LogP contribution in [0.4, 0.5) is 22.2 Å². The second kappa shape index (κ2) is 9.93. The first-order valence-corrected chi connectivity index (χ1v) is 13.1. The molecule has 2 aromatic heterocycles. The molecule has 3 aliphatic rings. The van der Waals surface area contributed by atoms with Crippen LogP contribution in [0.5, 0.6) is 0 Å². The molecule has 0 radical (unpaired) electrons. The fourth-order valence-corrected chi connectivity index (χ4v) is 5.75. The van der Waals surface area contributed by atoms with E-state index in [2.05, 4.69) is 37.3 Å². The smallest absolute Gasteiger partial charge is 0.319 e. The molecule has 2 N–H and O–H groups in total. The zero-order valence-electron chi connectivity index (χ0n) is 21.2. The molecule has 2 fully saturated rings. The van der Waals surface area contributed by atoms with Gasteiger partial charge in [0.1, 0.15) is 5.82 Å². The van der Waals surface area contributed by atoms with E-state index in [9.17, 15) is 4.79 Å². The van der Waals surface area contributed by atoms with Gasteiger partial charge in [0, 0.05) is 54.8 Å². The molecule has 3 aromatic rings. The van der Waals surface area contributed by atoms with Crippen LogP contribution in [0, 0.1) is 0 Å². The third-order valence-corrected chi connectivity index (χ3v) is 7.43. The first-order valence-electron chi connectivity index (χ1n) is 13.1. The van der Waals surface area contributed by atoms with E-state index in [1.165, 1.54) is 5.56 Å².